The minimum atomic E-state index is 0. The molecule has 1 saturated heterocycles. The van der Waals surface area contributed by atoms with Crippen molar-refractivity contribution in [2.75, 3.05) is 6.61 Å². The minimum absolute atomic E-state index is 0. The van der Waals surface area contributed by atoms with Crippen LogP contribution < -0.4 is 10.1 Å². The van der Waals surface area contributed by atoms with Crippen molar-refractivity contribution in [2.24, 2.45) is 5.92 Å². The van der Waals surface area contributed by atoms with Gasteiger partial charge in [-0.2, -0.15) is 0 Å². The largest absolute Gasteiger partial charge is 0.490 e. The second kappa shape index (κ2) is 5.42. The summed E-state index contributed by atoms with van der Waals surface area (Å²) < 4.78 is 5.68. The molecule has 2 fully saturated rings. The average molecular weight is 275 g/mol. The lowest BCUT2D eigenvalue weighted by molar-refractivity contribution is 0.236. The van der Waals surface area contributed by atoms with E-state index in [1.54, 1.807) is 12.3 Å². The van der Waals surface area contributed by atoms with Crippen LogP contribution in [0.2, 0.25) is 5.15 Å². The van der Waals surface area contributed by atoms with Crippen molar-refractivity contribution in [3.8, 4) is 5.75 Å². The lowest BCUT2D eigenvalue weighted by atomic mass is 10.1. The van der Waals surface area contributed by atoms with Crippen LogP contribution in [0.3, 0.4) is 0 Å². The fourth-order valence-electron chi connectivity index (χ4n) is 2.35. The lowest BCUT2D eigenvalue weighted by Crippen LogP contribution is -2.39. The Kier molecular flexibility index (Phi) is 4.13. The third-order valence-electron chi connectivity index (χ3n) is 3.41. The SMILES string of the molecule is Cl.Clc1ccc(OC[C@@H]2CC[C@H]3C[C@H]3N2)cn1. The van der Waals surface area contributed by atoms with Gasteiger partial charge in [0.05, 0.1) is 6.20 Å². The van der Waals surface area contributed by atoms with Gasteiger partial charge in [-0.05, 0) is 37.3 Å². The van der Waals surface area contributed by atoms with Gasteiger partial charge in [-0.15, -0.1) is 12.4 Å². The summed E-state index contributed by atoms with van der Waals surface area (Å²) in [6, 6.07) is 4.88. The molecular weight excluding hydrogens is 259 g/mol. The zero-order valence-corrected chi connectivity index (χ0v) is 11.0. The van der Waals surface area contributed by atoms with E-state index in [0.29, 0.717) is 11.2 Å². The number of halogens is 2. The van der Waals surface area contributed by atoms with E-state index in [2.05, 4.69) is 10.3 Å². The molecule has 3 atom stereocenters. The molecule has 17 heavy (non-hydrogen) atoms. The molecule has 94 valence electrons. The van der Waals surface area contributed by atoms with Gasteiger partial charge in [0.1, 0.15) is 17.5 Å². The van der Waals surface area contributed by atoms with Crippen molar-refractivity contribution in [3.05, 3.63) is 23.5 Å². The van der Waals surface area contributed by atoms with Crippen LogP contribution in [0.1, 0.15) is 19.3 Å². The number of hydrogen-bond acceptors (Lipinski definition) is 3. The molecule has 3 nitrogen and oxygen atoms in total. The van der Waals surface area contributed by atoms with Crippen LogP contribution in [0.4, 0.5) is 0 Å². The van der Waals surface area contributed by atoms with E-state index in [1.807, 2.05) is 6.07 Å². The molecule has 1 aliphatic heterocycles. The van der Waals surface area contributed by atoms with Crippen molar-refractivity contribution in [1.82, 2.24) is 10.3 Å². The molecule has 2 heterocycles. The molecule has 1 aromatic heterocycles. The number of nitrogens with one attached hydrogen (secondary N) is 1. The molecule has 1 N–H and O–H groups in total. The van der Waals surface area contributed by atoms with E-state index < -0.39 is 0 Å². The predicted molar refractivity (Wildman–Crippen MR) is 70.0 cm³/mol. The first kappa shape index (κ1) is 12.9. The second-order valence-electron chi connectivity index (χ2n) is 4.67. The molecule has 0 unspecified atom stereocenters. The summed E-state index contributed by atoms with van der Waals surface area (Å²) in [5.41, 5.74) is 0. The third-order valence-corrected chi connectivity index (χ3v) is 3.63. The van der Waals surface area contributed by atoms with E-state index in [0.717, 1.165) is 24.3 Å². The van der Waals surface area contributed by atoms with E-state index in [-0.39, 0.29) is 12.4 Å². The highest BCUT2D eigenvalue weighted by Gasteiger charge is 2.41. The summed E-state index contributed by atoms with van der Waals surface area (Å²) in [6.07, 6.45) is 5.61. The van der Waals surface area contributed by atoms with Crippen LogP contribution in [0.5, 0.6) is 5.75 Å². The molecular formula is C12H16Cl2N2O. The van der Waals surface area contributed by atoms with Crippen LogP contribution in [0.25, 0.3) is 0 Å². The van der Waals surface area contributed by atoms with Crippen molar-refractivity contribution in [1.29, 1.82) is 0 Å². The zero-order valence-electron chi connectivity index (χ0n) is 9.43. The van der Waals surface area contributed by atoms with Gasteiger partial charge < -0.3 is 10.1 Å². The van der Waals surface area contributed by atoms with Gasteiger partial charge in [0, 0.05) is 12.1 Å². The fraction of sp³-hybridized carbons (Fsp3) is 0.583. The van der Waals surface area contributed by atoms with Gasteiger partial charge in [0.25, 0.3) is 0 Å². The third kappa shape index (κ3) is 3.24. The summed E-state index contributed by atoms with van der Waals surface area (Å²) in [5.74, 6) is 1.75. The highest BCUT2D eigenvalue weighted by Crippen LogP contribution is 2.39. The van der Waals surface area contributed by atoms with Gasteiger partial charge in [0.15, 0.2) is 0 Å². The zero-order chi connectivity index (χ0) is 11.0. The molecule has 0 bridgehead atoms. The number of piperidine rings is 1. The van der Waals surface area contributed by atoms with E-state index in [4.69, 9.17) is 16.3 Å². The number of hydrogen-bond donors (Lipinski definition) is 1. The van der Waals surface area contributed by atoms with Crippen molar-refractivity contribution >= 4 is 24.0 Å². The Balaban J connectivity index is 0.00000108. The Morgan fingerprint density at radius 1 is 1.41 bits per heavy atom. The number of aromatic nitrogens is 1. The fourth-order valence-corrected chi connectivity index (χ4v) is 2.46. The maximum Gasteiger partial charge on any atom is 0.137 e. The van der Waals surface area contributed by atoms with Gasteiger partial charge in [-0.25, -0.2) is 4.98 Å². The lowest BCUT2D eigenvalue weighted by Gasteiger charge is -2.23. The average Bonchev–Trinajstić information content (AvgIpc) is 3.06. The number of rotatable bonds is 3. The summed E-state index contributed by atoms with van der Waals surface area (Å²) in [5, 5.41) is 4.10. The van der Waals surface area contributed by atoms with Gasteiger partial charge in [-0.3, -0.25) is 0 Å². The molecule has 1 aromatic rings. The smallest absolute Gasteiger partial charge is 0.137 e. The van der Waals surface area contributed by atoms with Crippen LogP contribution in [0.15, 0.2) is 18.3 Å². The molecule has 0 spiro atoms. The van der Waals surface area contributed by atoms with Gasteiger partial charge in [-0.1, -0.05) is 11.6 Å². The summed E-state index contributed by atoms with van der Waals surface area (Å²) in [4.78, 5) is 3.99. The molecule has 0 radical (unpaired) electrons. The second-order valence-corrected chi connectivity index (χ2v) is 5.06. The van der Waals surface area contributed by atoms with Gasteiger partial charge >= 0.3 is 0 Å². The van der Waals surface area contributed by atoms with Crippen molar-refractivity contribution in [3.63, 3.8) is 0 Å². The topological polar surface area (TPSA) is 34.1 Å². The van der Waals surface area contributed by atoms with Crippen LogP contribution in [-0.4, -0.2) is 23.7 Å². The first-order valence-electron chi connectivity index (χ1n) is 5.81. The molecule has 2 aliphatic rings. The van der Waals surface area contributed by atoms with E-state index in [9.17, 15) is 0 Å². The van der Waals surface area contributed by atoms with Crippen LogP contribution in [-0.2, 0) is 0 Å². The summed E-state index contributed by atoms with van der Waals surface area (Å²) in [7, 11) is 0. The minimum Gasteiger partial charge on any atom is -0.490 e. The molecule has 5 heteroatoms. The molecule has 0 aromatic carbocycles. The Morgan fingerprint density at radius 2 is 2.29 bits per heavy atom. The molecule has 3 rings (SSSR count). The molecule has 1 saturated carbocycles. The first-order chi connectivity index (χ1) is 7.81. The quantitative estimate of drug-likeness (QED) is 0.861. The highest BCUT2D eigenvalue weighted by molar-refractivity contribution is 6.29. The maximum atomic E-state index is 5.71. The Hall–Kier alpha value is -0.510. The summed E-state index contributed by atoms with van der Waals surface area (Å²) in [6.45, 7) is 0.729. The summed E-state index contributed by atoms with van der Waals surface area (Å²) >= 11 is 5.71. The van der Waals surface area contributed by atoms with Crippen molar-refractivity contribution in [2.45, 2.75) is 31.3 Å². The number of ether oxygens (including phenoxy) is 1. The molecule has 0 amide bonds. The number of fused-ring (bicyclic) bond motifs is 1. The maximum absolute atomic E-state index is 5.71. The first-order valence-corrected chi connectivity index (χ1v) is 6.19. The van der Waals surface area contributed by atoms with E-state index >= 15 is 0 Å². The molecule has 1 aliphatic carbocycles. The van der Waals surface area contributed by atoms with Crippen molar-refractivity contribution < 1.29 is 4.74 Å². The van der Waals surface area contributed by atoms with Crippen LogP contribution in [0, 0.1) is 5.92 Å². The normalized spacial score (nSPS) is 30.1. The van der Waals surface area contributed by atoms with Crippen LogP contribution >= 0.6 is 24.0 Å². The predicted octanol–water partition coefficient (Wildman–Crippen LogP) is 2.68. The number of nitrogens with zero attached hydrogens (tertiary/aromatic N) is 1. The highest BCUT2D eigenvalue weighted by atomic mass is 35.5. The monoisotopic (exact) mass is 274 g/mol. The standard InChI is InChI=1S/C12H15ClN2O.ClH/c13-12-4-3-10(6-14-12)16-7-9-2-1-8-5-11(8)15-9;/h3-4,6,8-9,11,15H,1-2,5,7H2;1H/t8-,9-,11+;/m0./s1. The number of pyridine rings is 1. The van der Waals surface area contributed by atoms with Gasteiger partial charge in [0.2, 0.25) is 0 Å². The van der Waals surface area contributed by atoms with E-state index in [1.165, 1.54) is 19.3 Å². The Bertz CT molecular complexity index is 371. The Labute approximate surface area is 112 Å². The Morgan fingerprint density at radius 3 is 3.00 bits per heavy atom.